The van der Waals surface area contributed by atoms with E-state index in [1.54, 1.807) is 12.1 Å². The van der Waals surface area contributed by atoms with Crippen molar-refractivity contribution in [2.75, 3.05) is 25.0 Å². The summed E-state index contributed by atoms with van der Waals surface area (Å²) < 4.78 is 0. The van der Waals surface area contributed by atoms with Crippen LogP contribution in [0, 0.1) is 27.4 Å². The van der Waals surface area contributed by atoms with Gasteiger partial charge < -0.3 is 10.2 Å². The highest BCUT2D eigenvalue weighted by molar-refractivity contribution is 5.64. The summed E-state index contributed by atoms with van der Waals surface area (Å²) >= 11 is 0. The molecular formula is C14H16N4O2. The number of nitro benzene ring substituents is 1. The second kappa shape index (κ2) is 5.10. The maximum atomic E-state index is 11.1. The molecule has 104 valence electrons. The van der Waals surface area contributed by atoms with Gasteiger partial charge >= 0.3 is 0 Å². The molecule has 0 saturated carbocycles. The van der Waals surface area contributed by atoms with Gasteiger partial charge in [0.15, 0.2) is 0 Å². The predicted octanol–water partition coefficient (Wildman–Crippen LogP) is 1.97. The summed E-state index contributed by atoms with van der Waals surface area (Å²) in [5.41, 5.74) is 0.824. The van der Waals surface area contributed by atoms with Gasteiger partial charge in [-0.25, -0.2) is 0 Å². The number of nitriles is 1. The molecule has 0 spiro atoms. The summed E-state index contributed by atoms with van der Waals surface area (Å²) in [7, 11) is 0. The van der Waals surface area contributed by atoms with Crippen LogP contribution in [-0.2, 0) is 0 Å². The number of fused-ring (bicyclic) bond motifs is 3. The van der Waals surface area contributed by atoms with Crippen molar-refractivity contribution in [2.45, 2.75) is 18.9 Å². The van der Waals surface area contributed by atoms with Crippen LogP contribution < -0.4 is 5.32 Å². The monoisotopic (exact) mass is 272 g/mol. The number of hydrogen-bond acceptors (Lipinski definition) is 5. The van der Waals surface area contributed by atoms with E-state index in [-0.39, 0.29) is 11.7 Å². The van der Waals surface area contributed by atoms with Crippen LogP contribution in [0.2, 0.25) is 0 Å². The first-order valence-corrected chi connectivity index (χ1v) is 6.85. The van der Waals surface area contributed by atoms with E-state index in [0.29, 0.717) is 17.2 Å². The van der Waals surface area contributed by atoms with Crippen LogP contribution in [0.1, 0.15) is 18.4 Å². The molecule has 1 atom stereocenters. The molecule has 4 rings (SSSR count). The molecule has 0 aromatic heterocycles. The summed E-state index contributed by atoms with van der Waals surface area (Å²) in [5, 5.41) is 23.3. The van der Waals surface area contributed by atoms with Gasteiger partial charge in [0.2, 0.25) is 0 Å². The fraction of sp³-hybridized carbons (Fsp3) is 0.500. The Balaban J connectivity index is 1.84. The fourth-order valence-electron chi connectivity index (χ4n) is 3.20. The summed E-state index contributed by atoms with van der Waals surface area (Å²) in [6.07, 6.45) is 2.31. The Morgan fingerprint density at radius 3 is 2.70 bits per heavy atom. The molecule has 3 saturated heterocycles. The zero-order valence-electron chi connectivity index (χ0n) is 11.1. The van der Waals surface area contributed by atoms with Crippen molar-refractivity contribution in [2.24, 2.45) is 5.92 Å². The highest BCUT2D eigenvalue weighted by atomic mass is 16.6. The molecule has 3 fully saturated rings. The minimum Gasteiger partial charge on any atom is -0.375 e. The van der Waals surface area contributed by atoms with E-state index in [1.165, 1.54) is 6.07 Å². The van der Waals surface area contributed by atoms with Crippen molar-refractivity contribution in [3.8, 4) is 6.07 Å². The third-order valence-electron chi connectivity index (χ3n) is 4.32. The van der Waals surface area contributed by atoms with Crippen LogP contribution in [0.4, 0.5) is 11.4 Å². The Bertz CT molecular complexity index is 573. The maximum Gasteiger partial charge on any atom is 0.293 e. The predicted molar refractivity (Wildman–Crippen MR) is 74.4 cm³/mol. The number of nitro groups is 1. The van der Waals surface area contributed by atoms with Gasteiger partial charge in [0.05, 0.1) is 16.6 Å². The number of anilines is 1. The van der Waals surface area contributed by atoms with Crippen LogP contribution in [-0.4, -0.2) is 35.5 Å². The van der Waals surface area contributed by atoms with Gasteiger partial charge in [0, 0.05) is 18.7 Å². The molecule has 1 aromatic carbocycles. The zero-order chi connectivity index (χ0) is 14.1. The van der Waals surface area contributed by atoms with Crippen molar-refractivity contribution in [1.29, 1.82) is 5.26 Å². The smallest absolute Gasteiger partial charge is 0.293 e. The van der Waals surface area contributed by atoms with Crippen LogP contribution >= 0.6 is 0 Å². The van der Waals surface area contributed by atoms with Gasteiger partial charge in [-0.3, -0.25) is 10.1 Å². The minimum absolute atomic E-state index is 0.0134. The number of hydrogen-bond donors (Lipinski definition) is 1. The van der Waals surface area contributed by atoms with Crippen LogP contribution in [0.5, 0.6) is 0 Å². The average Bonchev–Trinajstić information content (AvgIpc) is 2.48. The molecule has 1 aromatic rings. The first-order chi connectivity index (χ1) is 9.67. The van der Waals surface area contributed by atoms with E-state index in [9.17, 15) is 10.1 Å². The van der Waals surface area contributed by atoms with Crippen LogP contribution in [0.3, 0.4) is 0 Å². The van der Waals surface area contributed by atoms with E-state index < -0.39 is 4.92 Å². The maximum absolute atomic E-state index is 11.1. The van der Waals surface area contributed by atoms with Gasteiger partial charge in [-0.2, -0.15) is 5.26 Å². The summed E-state index contributed by atoms with van der Waals surface area (Å²) in [5.74, 6) is 0.593. The van der Waals surface area contributed by atoms with E-state index in [1.807, 2.05) is 6.07 Å². The molecule has 2 bridgehead atoms. The van der Waals surface area contributed by atoms with Gasteiger partial charge in [-0.05, 0) is 44.0 Å². The van der Waals surface area contributed by atoms with Gasteiger partial charge in [0.25, 0.3) is 5.69 Å². The van der Waals surface area contributed by atoms with Crippen molar-refractivity contribution in [1.82, 2.24) is 4.90 Å². The van der Waals surface area contributed by atoms with Crippen LogP contribution in [0.25, 0.3) is 0 Å². The van der Waals surface area contributed by atoms with E-state index in [4.69, 9.17) is 5.26 Å². The fourth-order valence-corrected chi connectivity index (χ4v) is 3.20. The molecule has 1 unspecified atom stereocenters. The van der Waals surface area contributed by atoms with E-state index >= 15 is 0 Å². The number of piperidine rings is 3. The number of nitrogens with one attached hydrogen (secondary N) is 1. The summed E-state index contributed by atoms with van der Waals surface area (Å²) in [6, 6.07) is 6.81. The summed E-state index contributed by atoms with van der Waals surface area (Å²) in [4.78, 5) is 13.1. The van der Waals surface area contributed by atoms with Gasteiger partial charge in [-0.1, -0.05) is 0 Å². The molecule has 6 nitrogen and oxygen atoms in total. The third-order valence-corrected chi connectivity index (χ3v) is 4.32. The first-order valence-electron chi connectivity index (χ1n) is 6.85. The standard InChI is InChI=1S/C14H16N4O2/c15-8-10-1-2-12(14(7-10)18(19)20)16-13-9-17-5-3-11(13)4-6-17/h1-2,7,11,13,16H,3-6,9H2. The van der Waals surface area contributed by atoms with Crippen molar-refractivity contribution in [3.05, 3.63) is 33.9 Å². The summed E-state index contributed by atoms with van der Waals surface area (Å²) in [6.45, 7) is 3.22. The lowest BCUT2D eigenvalue weighted by Crippen LogP contribution is -2.53. The Morgan fingerprint density at radius 2 is 2.15 bits per heavy atom. The Morgan fingerprint density at radius 1 is 1.40 bits per heavy atom. The van der Waals surface area contributed by atoms with Gasteiger partial charge in [0.1, 0.15) is 5.69 Å². The molecule has 0 radical (unpaired) electrons. The van der Waals surface area contributed by atoms with E-state index in [0.717, 1.165) is 32.5 Å². The average molecular weight is 272 g/mol. The largest absolute Gasteiger partial charge is 0.375 e. The number of benzene rings is 1. The molecule has 3 aliphatic rings. The highest BCUT2D eigenvalue weighted by Crippen LogP contribution is 2.32. The first kappa shape index (κ1) is 12.9. The quantitative estimate of drug-likeness (QED) is 0.672. The zero-order valence-corrected chi connectivity index (χ0v) is 11.1. The normalized spacial score (nSPS) is 27.9. The molecule has 20 heavy (non-hydrogen) atoms. The van der Waals surface area contributed by atoms with Crippen molar-refractivity contribution in [3.63, 3.8) is 0 Å². The third kappa shape index (κ3) is 2.32. The lowest BCUT2D eigenvalue weighted by atomic mass is 9.84. The van der Waals surface area contributed by atoms with Crippen LogP contribution in [0.15, 0.2) is 18.2 Å². The molecular weight excluding hydrogens is 256 g/mol. The van der Waals surface area contributed by atoms with Gasteiger partial charge in [-0.15, -0.1) is 0 Å². The lowest BCUT2D eigenvalue weighted by molar-refractivity contribution is -0.384. The Labute approximate surface area is 117 Å². The number of nitrogens with zero attached hydrogens (tertiary/aromatic N) is 3. The topological polar surface area (TPSA) is 82.2 Å². The molecule has 0 amide bonds. The molecule has 6 heteroatoms. The molecule has 0 aliphatic carbocycles. The number of rotatable bonds is 3. The Hall–Kier alpha value is -2.13. The SMILES string of the molecule is N#Cc1ccc(NC2CN3CCC2CC3)c([N+](=O)[O-])c1. The lowest BCUT2D eigenvalue weighted by Gasteiger charge is -2.45. The molecule has 3 heterocycles. The second-order valence-electron chi connectivity index (χ2n) is 5.49. The minimum atomic E-state index is -0.426. The molecule has 1 N–H and O–H groups in total. The van der Waals surface area contributed by atoms with Crippen molar-refractivity contribution < 1.29 is 4.92 Å². The Kier molecular flexibility index (Phi) is 3.28. The van der Waals surface area contributed by atoms with Crippen molar-refractivity contribution >= 4 is 11.4 Å². The van der Waals surface area contributed by atoms with E-state index in [2.05, 4.69) is 10.2 Å². The second-order valence-corrected chi connectivity index (χ2v) is 5.49. The highest BCUT2D eigenvalue weighted by Gasteiger charge is 2.34. The molecule has 3 aliphatic heterocycles.